The number of piperidine rings is 1. The Morgan fingerprint density at radius 3 is 2.78 bits per heavy atom. The van der Waals surface area contributed by atoms with Crippen molar-refractivity contribution in [1.82, 2.24) is 4.98 Å². The van der Waals surface area contributed by atoms with Crippen LogP contribution < -0.4 is 4.90 Å². The number of hydrogen-bond acceptors (Lipinski definition) is 4. The molecule has 2 atom stereocenters. The lowest BCUT2D eigenvalue weighted by Gasteiger charge is -2.38. The minimum absolute atomic E-state index is 0.111. The first-order valence-electron chi connectivity index (χ1n) is 6.61. The molecular formula is C14H16N2OS. The van der Waals surface area contributed by atoms with Gasteiger partial charge < -0.3 is 10.0 Å². The van der Waals surface area contributed by atoms with Gasteiger partial charge in [-0.25, -0.2) is 4.98 Å². The Bertz CT molecular complexity index is 568. The molecule has 94 valence electrons. The molecule has 0 amide bonds. The van der Waals surface area contributed by atoms with Gasteiger partial charge >= 0.3 is 0 Å². The van der Waals surface area contributed by atoms with E-state index in [4.69, 9.17) is 0 Å². The van der Waals surface area contributed by atoms with Gasteiger partial charge in [0.2, 0.25) is 0 Å². The molecule has 4 heteroatoms. The molecule has 18 heavy (non-hydrogen) atoms. The number of fused-ring (bicyclic) bond motifs is 3. The van der Waals surface area contributed by atoms with Crippen molar-refractivity contribution in [3.63, 3.8) is 0 Å². The molecule has 2 aliphatic rings. The van der Waals surface area contributed by atoms with Gasteiger partial charge in [-0.1, -0.05) is 0 Å². The van der Waals surface area contributed by atoms with E-state index in [9.17, 15) is 5.11 Å². The predicted molar refractivity (Wildman–Crippen MR) is 74.1 cm³/mol. The number of rotatable bonds is 1. The maximum atomic E-state index is 9.88. The van der Waals surface area contributed by atoms with Gasteiger partial charge in [-0.3, -0.25) is 0 Å². The normalized spacial score (nSPS) is 31.2. The van der Waals surface area contributed by atoms with E-state index in [0.29, 0.717) is 12.1 Å². The van der Waals surface area contributed by atoms with Crippen LogP contribution in [0.2, 0.25) is 0 Å². The fourth-order valence-electron chi connectivity index (χ4n) is 3.58. The van der Waals surface area contributed by atoms with Gasteiger partial charge in [0.1, 0.15) is 5.82 Å². The summed E-state index contributed by atoms with van der Waals surface area (Å²) in [6, 6.07) is 5.23. The van der Waals surface area contributed by atoms with E-state index < -0.39 is 0 Å². The van der Waals surface area contributed by atoms with Gasteiger partial charge in [-0.05, 0) is 43.2 Å². The zero-order valence-electron chi connectivity index (χ0n) is 10.1. The topological polar surface area (TPSA) is 36.4 Å². The Morgan fingerprint density at radius 2 is 2.00 bits per heavy atom. The van der Waals surface area contributed by atoms with Crippen LogP contribution in [0.1, 0.15) is 25.7 Å². The van der Waals surface area contributed by atoms with Crippen molar-refractivity contribution in [3.8, 4) is 0 Å². The van der Waals surface area contributed by atoms with Crippen LogP contribution in [-0.4, -0.2) is 28.3 Å². The quantitative estimate of drug-likeness (QED) is 0.856. The monoisotopic (exact) mass is 260 g/mol. The summed E-state index contributed by atoms with van der Waals surface area (Å²) >= 11 is 1.77. The van der Waals surface area contributed by atoms with Gasteiger partial charge in [-0.2, -0.15) is 0 Å². The number of thiophene rings is 1. The van der Waals surface area contributed by atoms with Crippen LogP contribution in [0.25, 0.3) is 10.1 Å². The molecule has 0 saturated carbocycles. The molecule has 0 spiro atoms. The summed E-state index contributed by atoms with van der Waals surface area (Å²) in [6.07, 6.45) is 6.00. The van der Waals surface area contributed by atoms with E-state index in [1.165, 1.54) is 22.9 Å². The van der Waals surface area contributed by atoms with Crippen LogP contribution in [0.4, 0.5) is 5.82 Å². The van der Waals surface area contributed by atoms with E-state index in [1.54, 1.807) is 11.3 Å². The molecule has 4 rings (SSSR count). The van der Waals surface area contributed by atoms with Crippen molar-refractivity contribution in [2.75, 3.05) is 4.90 Å². The zero-order valence-corrected chi connectivity index (χ0v) is 10.9. The average Bonchev–Trinajstić information content (AvgIpc) is 2.92. The van der Waals surface area contributed by atoms with Crippen molar-refractivity contribution in [2.24, 2.45) is 0 Å². The first-order chi connectivity index (χ1) is 8.83. The van der Waals surface area contributed by atoms with Crippen LogP contribution in [0.15, 0.2) is 23.7 Å². The Balaban J connectivity index is 1.81. The zero-order chi connectivity index (χ0) is 12.1. The van der Waals surface area contributed by atoms with Crippen LogP contribution >= 0.6 is 11.3 Å². The van der Waals surface area contributed by atoms with E-state index in [-0.39, 0.29) is 6.10 Å². The first-order valence-corrected chi connectivity index (χ1v) is 7.49. The molecule has 2 bridgehead atoms. The van der Waals surface area contributed by atoms with Crippen LogP contribution in [0.5, 0.6) is 0 Å². The first kappa shape index (κ1) is 10.8. The maximum absolute atomic E-state index is 9.88. The van der Waals surface area contributed by atoms with Crippen molar-refractivity contribution < 1.29 is 5.11 Å². The van der Waals surface area contributed by atoms with Gasteiger partial charge in [0.05, 0.1) is 6.10 Å². The molecule has 2 saturated heterocycles. The summed E-state index contributed by atoms with van der Waals surface area (Å²) < 4.78 is 1.31. The molecule has 2 unspecified atom stereocenters. The number of hydrogen-bond donors (Lipinski definition) is 1. The average molecular weight is 260 g/mol. The summed E-state index contributed by atoms with van der Waals surface area (Å²) in [4.78, 5) is 7.09. The lowest BCUT2D eigenvalue weighted by molar-refractivity contribution is 0.126. The molecule has 1 N–H and O–H groups in total. The highest BCUT2D eigenvalue weighted by Crippen LogP contribution is 2.41. The number of aliphatic hydroxyl groups is 1. The maximum Gasteiger partial charge on any atom is 0.137 e. The van der Waals surface area contributed by atoms with Crippen LogP contribution in [0, 0.1) is 0 Å². The third kappa shape index (κ3) is 1.49. The molecular weight excluding hydrogens is 244 g/mol. The molecule has 4 heterocycles. The van der Waals surface area contributed by atoms with Gasteiger partial charge in [0, 0.05) is 28.4 Å². The number of nitrogens with zero attached hydrogens (tertiary/aromatic N) is 2. The number of pyridine rings is 1. The number of anilines is 1. The third-order valence-electron chi connectivity index (χ3n) is 4.31. The van der Waals surface area contributed by atoms with Gasteiger partial charge in [-0.15, -0.1) is 11.3 Å². The van der Waals surface area contributed by atoms with Crippen LogP contribution in [-0.2, 0) is 0 Å². The minimum Gasteiger partial charge on any atom is -0.393 e. The second-order valence-electron chi connectivity index (χ2n) is 5.38. The minimum atomic E-state index is -0.111. The summed E-state index contributed by atoms with van der Waals surface area (Å²) in [6.45, 7) is 0. The van der Waals surface area contributed by atoms with Crippen LogP contribution in [0.3, 0.4) is 0 Å². The molecule has 2 fully saturated rings. The molecule has 0 radical (unpaired) electrons. The smallest absolute Gasteiger partial charge is 0.137 e. The molecule has 3 nitrogen and oxygen atoms in total. The molecule has 2 aromatic heterocycles. The van der Waals surface area contributed by atoms with Crippen molar-refractivity contribution >= 4 is 27.2 Å². The summed E-state index contributed by atoms with van der Waals surface area (Å²) in [7, 11) is 0. The Labute approximate surface area is 110 Å². The Kier molecular flexibility index (Phi) is 2.35. The van der Waals surface area contributed by atoms with Gasteiger partial charge in [0.25, 0.3) is 0 Å². The molecule has 2 aromatic rings. The molecule has 0 aromatic carbocycles. The van der Waals surface area contributed by atoms with Gasteiger partial charge in [0.15, 0.2) is 0 Å². The fourth-order valence-corrected chi connectivity index (χ4v) is 4.36. The van der Waals surface area contributed by atoms with E-state index >= 15 is 0 Å². The lowest BCUT2D eigenvalue weighted by atomic mass is 9.99. The largest absolute Gasteiger partial charge is 0.393 e. The third-order valence-corrected chi connectivity index (χ3v) is 5.19. The van der Waals surface area contributed by atoms with E-state index in [0.717, 1.165) is 18.7 Å². The van der Waals surface area contributed by atoms with Crippen molar-refractivity contribution in [1.29, 1.82) is 0 Å². The highest BCUT2D eigenvalue weighted by molar-refractivity contribution is 7.17. The van der Waals surface area contributed by atoms with Crippen molar-refractivity contribution in [2.45, 2.75) is 43.9 Å². The second-order valence-corrected chi connectivity index (χ2v) is 6.33. The number of aliphatic hydroxyl groups excluding tert-OH is 1. The van der Waals surface area contributed by atoms with E-state index in [1.807, 2.05) is 6.20 Å². The van der Waals surface area contributed by atoms with Crippen molar-refractivity contribution in [3.05, 3.63) is 23.7 Å². The van der Waals surface area contributed by atoms with E-state index in [2.05, 4.69) is 27.4 Å². The number of aromatic nitrogens is 1. The SMILES string of the molecule is OC1CC2CCC(C1)N2c1nccc2sccc12. The highest BCUT2D eigenvalue weighted by Gasteiger charge is 2.41. The second kappa shape index (κ2) is 3.93. The highest BCUT2D eigenvalue weighted by atomic mass is 32.1. The lowest BCUT2D eigenvalue weighted by Crippen LogP contribution is -2.45. The molecule has 0 aliphatic carbocycles. The molecule has 2 aliphatic heterocycles. The fraction of sp³-hybridized carbons (Fsp3) is 0.500. The Hall–Kier alpha value is -1.13. The predicted octanol–water partition coefficient (Wildman–Crippen LogP) is 2.79. The summed E-state index contributed by atoms with van der Waals surface area (Å²) in [5, 5.41) is 13.3. The summed E-state index contributed by atoms with van der Waals surface area (Å²) in [5.74, 6) is 1.13. The Morgan fingerprint density at radius 1 is 1.22 bits per heavy atom. The standard InChI is InChI=1S/C14H16N2OS/c17-11-7-9-1-2-10(8-11)16(9)14-12-4-6-18-13(12)3-5-15-14/h3-6,9-11,17H,1-2,7-8H2. The summed E-state index contributed by atoms with van der Waals surface area (Å²) in [5.41, 5.74) is 0.